The molecule has 0 aliphatic carbocycles. The first-order chi connectivity index (χ1) is 14.4. The maximum absolute atomic E-state index is 11.9. The number of phenols is 1. The Balaban J connectivity index is 0.00000272. The summed E-state index contributed by atoms with van der Waals surface area (Å²) >= 11 is 0. The monoisotopic (exact) mass is 479 g/mol. The number of azo groups is 1. The van der Waals surface area contributed by atoms with Crippen LogP contribution in [-0.2, 0) is 25.0 Å². The first-order valence-electron chi connectivity index (χ1n) is 8.41. The Kier molecular flexibility index (Phi) is 9.46. The van der Waals surface area contributed by atoms with Crippen LogP contribution in [-0.4, -0.2) is 74.7 Å². The van der Waals surface area contributed by atoms with Crippen molar-refractivity contribution in [3.05, 3.63) is 48.5 Å². The van der Waals surface area contributed by atoms with Gasteiger partial charge in [-0.15, -0.1) is 5.11 Å². The van der Waals surface area contributed by atoms with Gasteiger partial charge < -0.3 is 10.4 Å². The van der Waals surface area contributed by atoms with Crippen LogP contribution in [0.3, 0.4) is 0 Å². The summed E-state index contributed by atoms with van der Waals surface area (Å²) in [6, 6.07) is 10.7. The fraction of sp³-hybridized carbons (Fsp3) is 0.0556. The van der Waals surface area contributed by atoms with E-state index in [4.69, 9.17) is 0 Å². The van der Waals surface area contributed by atoms with Crippen LogP contribution in [0.2, 0.25) is 0 Å². The predicted molar refractivity (Wildman–Crippen MR) is 122 cm³/mol. The molecule has 15 heteroatoms. The predicted octanol–water partition coefficient (Wildman–Crippen LogP) is 2.65. The molecule has 0 spiro atoms. The number of fused-ring (bicyclic) bond motifs is 1. The van der Waals surface area contributed by atoms with Crippen molar-refractivity contribution in [2.45, 2.75) is 16.7 Å². The van der Waals surface area contributed by atoms with Crippen LogP contribution < -0.4 is 5.32 Å². The van der Waals surface area contributed by atoms with Gasteiger partial charge in [0.05, 0.1) is 16.3 Å². The minimum Gasteiger partial charge on any atom is -0.505 e. The van der Waals surface area contributed by atoms with Crippen LogP contribution in [0.15, 0.2) is 68.6 Å². The third kappa shape index (κ3) is 6.66. The van der Waals surface area contributed by atoms with E-state index in [1.807, 2.05) is 0 Å². The minimum absolute atomic E-state index is 0. The van der Waals surface area contributed by atoms with Crippen molar-refractivity contribution in [1.29, 1.82) is 0 Å². The molecular formula is C18H15Li2N3O8S2. The number of amides is 1. The second-order valence-electron chi connectivity index (χ2n) is 6.31. The second kappa shape index (κ2) is 10.8. The van der Waals surface area contributed by atoms with Gasteiger partial charge in [0, 0.05) is 50.0 Å². The molecular weight excluding hydrogens is 464 g/mol. The molecule has 0 aliphatic rings. The molecule has 0 saturated heterocycles. The maximum atomic E-state index is 11.9. The number of carbonyl (C=O) groups excluding carboxylic acids is 1. The van der Waals surface area contributed by atoms with Gasteiger partial charge in [0.2, 0.25) is 5.91 Å². The fourth-order valence-electron chi connectivity index (χ4n) is 2.79. The summed E-state index contributed by atoms with van der Waals surface area (Å²) in [6.07, 6.45) is 0. The molecule has 3 rings (SSSR count). The molecule has 33 heavy (non-hydrogen) atoms. The average molecular weight is 479 g/mol. The third-order valence-corrected chi connectivity index (χ3v) is 5.73. The summed E-state index contributed by atoms with van der Waals surface area (Å²) in [5.41, 5.74) is -0.565. The van der Waals surface area contributed by atoms with E-state index in [9.17, 15) is 35.8 Å². The Morgan fingerprint density at radius 3 is 2.03 bits per heavy atom. The summed E-state index contributed by atoms with van der Waals surface area (Å²) < 4.78 is 66.0. The Morgan fingerprint density at radius 1 is 0.909 bits per heavy atom. The summed E-state index contributed by atoms with van der Waals surface area (Å²) in [6.45, 7) is 1.12. The number of aromatic hydroxyl groups is 1. The molecule has 3 aromatic rings. The minimum atomic E-state index is -4.95. The average Bonchev–Trinajstić information content (AvgIpc) is 2.65. The molecule has 164 valence electrons. The Hall–Kier alpha value is -2.20. The number of nitrogens with zero attached hydrogens (tertiary/aromatic N) is 2. The number of rotatable bonds is 5. The Labute approximate surface area is 213 Å². The number of phenolic OH excluding ortho intramolecular Hbond substituents is 1. The van der Waals surface area contributed by atoms with E-state index in [1.165, 1.54) is 0 Å². The molecule has 2 radical (unpaired) electrons. The van der Waals surface area contributed by atoms with Crippen molar-refractivity contribution in [3.8, 4) is 5.75 Å². The first-order valence-corrected chi connectivity index (χ1v) is 11.3. The van der Waals surface area contributed by atoms with E-state index in [-0.39, 0.29) is 54.2 Å². The van der Waals surface area contributed by atoms with E-state index in [0.717, 1.165) is 25.1 Å². The van der Waals surface area contributed by atoms with Gasteiger partial charge in [0.25, 0.3) is 20.2 Å². The molecule has 0 bridgehead atoms. The van der Waals surface area contributed by atoms with Crippen LogP contribution in [0.1, 0.15) is 6.92 Å². The normalized spacial score (nSPS) is 11.6. The van der Waals surface area contributed by atoms with Crippen LogP contribution in [0.5, 0.6) is 5.75 Å². The molecule has 0 heterocycles. The largest absolute Gasteiger partial charge is 0.505 e. The van der Waals surface area contributed by atoms with Crippen LogP contribution in [0, 0.1) is 0 Å². The molecule has 0 fully saturated rings. The van der Waals surface area contributed by atoms with E-state index >= 15 is 0 Å². The Bertz CT molecular complexity index is 1440. The number of carbonyl (C=O) groups is 1. The number of nitrogens with one attached hydrogen (secondary N) is 1. The van der Waals surface area contributed by atoms with Crippen molar-refractivity contribution >= 4 is 91.7 Å². The summed E-state index contributed by atoms with van der Waals surface area (Å²) in [5.74, 6) is -1.44. The van der Waals surface area contributed by atoms with Gasteiger partial charge in [-0.2, -0.15) is 21.9 Å². The van der Waals surface area contributed by atoms with Crippen LogP contribution in [0.4, 0.5) is 17.1 Å². The third-order valence-electron chi connectivity index (χ3n) is 4.03. The summed E-state index contributed by atoms with van der Waals surface area (Å²) in [5, 5.41) is 20.2. The standard InChI is InChI=1S/C18H15N3O8S2.2Li/c1-10(22)19-14-9-13(30(24,25)26)7-11-8-15(31(27,28)29)17(18(23)16(11)14)21-20-12-5-3-2-4-6-12;;/h2-9,23H,1H3,(H,19,22)(H,24,25,26)(H,27,28,29);;. The fourth-order valence-corrected chi connectivity index (χ4v) is 3.99. The SMILES string of the molecule is CC(=O)Nc1cc(S(=O)(=O)O)cc2cc(S(=O)(=O)O)c(N=Nc3ccccc3)c(O)c12.[Li].[Li]. The van der Waals surface area contributed by atoms with Crippen molar-refractivity contribution < 1.29 is 35.8 Å². The summed E-state index contributed by atoms with van der Waals surface area (Å²) in [4.78, 5) is 10.0. The Morgan fingerprint density at radius 2 is 1.52 bits per heavy atom. The van der Waals surface area contributed by atoms with Crippen molar-refractivity contribution in [1.82, 2.24) is 0 Å². The molecule has 0 saturated carbocycles. The number of benzene rings is 3. The zero-order chi connectivity index (χ0) is 23.0. The van der Waals surface area contributed by atoms with Gasteiger partial charge in [-0.3, -0.25) is 13.9 Å². The number of hydrogen-bond acceptors (Lipinski definition) is 8. The van der Waals surface area contributed by atoms with Crippen LogP contribution in [0.25, 0.3) is 10.8 Å². The van der Waals surface area contributed by atoms with E-state index in [0.29, 0.717) is 5.69 Å². The van der Waals surface area contributed by atoms with Gasteiger partial charge in [-0.1, -0.05) is 18.2 Å². The molecule has 0 aliphatic heterocycles. The molecule has 4 N–H and O–H groups in total. The van der Waals surface area contributed by atoms with Gasteiger partial charge in [0.15, 0.2) is 5.75 Å². The molecule has 0 aromatic heterocycles. The zero-order valence-electron chi connectivity index (χ0n) is 17.7. The van der Waals surface area contributed by atoms with E-state index in [2.05, 4.69) is 15.5 Å². The number of anilines is 1. The molecule has 3 aromatic carbocycles. The smallest absolute Gasteiger partial charge is 0.296 e. The van der Waals surface area contributed by atoms with Gasteiger partial charge >= 0.3 is 0 Å². The van der Waals surface area contributed by atoms with Crippen LogP contribution >= 0.6 is 0 Å². The zero-order valence-corrected chi connectivity index (χ0v) is 19.3. The summed E-state index contributed by atoms with van der Waals surface area (Å²) in [7, 11) is -9.71. The van der Waals surface area contributed by atoms with E-state index < -0.39 is 47.4 Å². The molecule has 0 atom stereocenters. The van der Waals surface area contributed by atoms with Gasteiger partial charge in [0.1, 0.15) is 10.6 Å². The van der Waals surface area contributed by atoms with Crippen molar-refractivity contribution in [2.75, 3.05) is 5.32 Å². The first kappa shape index (κ1) is 28.8. The van der Waals surface area contributed by atoms with Gasteiger partial charge in [-0.05, 0) is 35.7 Å². The second-order valence-corrected chi connectivity index (χ2v) is 9.12. The molecule has 11 nitrogen and oxygen atoms in total. The molecule has 0 unspecified atom stereocenters. The quantitative estimate of drug-likeness (QED) is 0.245. The van der Waals surface area contributed by atoms with Crippen molar-refractivity contribution in [3.63, 3.8) is 0 Å². The number of hydrogen-bond donors (Lipinski definition) is 4. The molecule has 1 amide bonds. The van der Waals surface area contributed by atoms with Crippen molar-refractivity contribution in [2.24, 2.45) is 10.2 Å². The van der Waals surface area contributed by atoms with Gasteiger partial charge in [-0.25, -0.2) is 0 Å². The topological polar surface area (TPSA) is 183 Å². The maximum Gasteiger partial charge on any atom is 0.296 e. The van der Waals surface area contributed by atoms with E-state index in [1.54, 1.807) is 30.3 Å².